The largest absolute Gasteiger partial charge is 0.304 e. The molecular formula is C20H33BrN2O. The molecule has 24 heavy (non-hydrogen) atoms. The highest BCUT2D eigenvalue weighted by Gasteiger charge is 2.26. The zero-order valence-corrected chi connectivity index (χ0v) is 17.5. The van der Waals surface area contributed by atoms with E-state index in [1.54, 1.807) is 6.08 Å². The van der Waals surface area contributed by atoms with Crippen LogP contribution >= 0.6 is 17.0 Å². The van der Waals surface area contributed by atoms with Gasteiger partial charge < -0.3 is 9.80 Å². The van der Waals surface area contributed by atoms with Crippen molar-refractivity contribution in [1.29, 1.82) is 0 Å². The van der Waals surface area contributed by atoms with Crippen molar-refractivity contribution >= 4 is 28.8 Å². The molecule has 3 nitrogen and oxygen atoms in total. The number of ketones is 1. The first-order chi connectivity index (χ1) is 10.9. The molecule has 136 valence electrons. The van der Waals surface area contributed by atoms with Crippen LogP contribution in [0.25, 0.3) is 6.08 Å². The molecule has 0 saturated carbocycles. The second kappa shape index (κ2) is 11.6. The Hall–Kier alpha value is -0.970. The molecule has 0 aliphatic heterocycles. The fraction of sp³-hybridized carbons (Fsp3) is 0.550. The van der Waals surface area contributed by atoms with Crippen LogP contribution in [0, 0.1) is 5.41 Å². The highest BCUT2D eigenvalue weighted by molar-refractivity contribution is 8.93. The lowest BCUT2D eigenvalue weighted by atomic mass is 9.87. The summed E-state index contributed by atoms with van der Waals surface area (Å²) in [5, 5.41) is 0. The molecule has 0 fully saturated rings. The number of likely N-dealkylation sites (N-methyl/N-ethyl adjacent to an activating group) is 2. The van der Waals surface area contributed by atoms with E-state index in [9.17, 15) is 4.79 Å². The van der Waals surface area contributed by atoms with Gasteiger partial charge in [-0.25, -0.2) is 0 Å². The average Bonchev–Trinajstić information content (AvgIpc) is 2.54. The lowest BCUT2D eigenvalue weighted by Crippen LogP contribution is -2.40. The number of hydrogen-bond donors (Lipinski definition) is 0. The zero-order chi connectivity index (χ0) is 17.3. The first-order valence-corrected chi connectivity index (χ1v) is 8.57. The van der Waals surface area contributed by atoms with E-state index in [2.05, 4.69) is 30.7 Å². The van der Waals surface area contributed by atoms with Crippen LogP contribution in [0.5, 0.6) is 0 Å². The van der Waals surface area contributed by atoms with Gasteiger partial charge in [0, 0.05) is 25.0 Å². The number of nitrogens with zero attached hydrogens (tertiary/aromatic N) is 2. The van der Waals surface area contributed by atoms with Gasteiger partial charge in [-0.05, 0) is 31.8 Å². The van der Waals surface area contributed by atoms with Gasteiger partial charge in [0.05, 0.1) is 0 Å². The zero-order valence-electron chi connectivity index (χ0n) is 15.8. The molecule has 0 N–H and O–H groups in total. The molecule has 0 saturated heterocycles. The molecule has 0 spiro atoms. The Morgan fingerprint density at radius 1 is 1.08 bits per heavy atom. The van der Waals surface area contributed by atoms with Gasteiger partial charge in [-0.2, -0.15) is 0 Å². The minimum atomic E-state index is -0.372. The first kappa shape index (κ1) is 23.0. The number of hydrogen-bond acceptors (Lipinski definition) is 3. The molecule has 0 atom stereocenters. The van der Waals surface area contributed by atoms with E-state index in [0.29, 0.717) is 0 Å². The summed E-state index contributed by atoms with van der Waals surface area (Å²) in [5.41, 5.74) is 0.690. The fourth-order valence-electron chi connectivity index (χ4n) is 2.65. The van der Waals surface area contributed by atoms with Crippen LogP contribution in [0.15, 0.2) is 36.4 Å². The molecular weight excluding hydrogens is 364 g/mol. The molecule has 1 rings (SSSR count). The molecule has 0 radical (unpaired) electrons. The lowest BCUT2D eigenvalue weighted by molar-refractivity contribution is -0.122. The standard InChI is InChI=1S/C20H32N2O.BrH/c1-6-22(7-2)16-15-21(5)17-20(3,4)19(23)14-13-18-11-9-8-10-12-18;/h8-14H,6-7,15-17H2,1-5H3;1H. The second-order valence-electron chi connectivity index (χ2n) is 6.76. The summed E-state index contributed by atoms with van der Waals surface area (Å²) in [4.78, 5) is 17.2. The summed E-state index contributed by atoms with van der Waals surface area (Å²) in [6, 6.07) is 9.96. The molecule has 0 aliphatic carbocycles. The van der Waals surface area contributed by atoms with Crippen molar-refractivity contribution in [2.45, 2.75) is 27.7 Å². The Morgan fingerprint density at radius 2 is 1.67 bits per heavy atom. The van der Waals surface area contributed by atoms with Gasteiger partial charge in [-0.15, -0.1) is 17.0 Å². The number of carbonyl (C=O) groups excluding carboxylic acids is 1. The van der Waals surface area contributed by atoms with E-state index in [1.807, 2.05) is 50.3 Å². The predicted octanol–water partition coefficient (Wildman–Crippen LogP) is 4.15. The quantitative estimate of drug-likeness (QED) is 0.555. The van der Waals surface area contributed by atoms with Crippen LogP contribution in [0.4, 0.5) is 0 Å². The van der Waals surface area contributed by atoms with Crippen LogP contribution in [-0.2, 0) is 4.79 Å². The molecule has 0 bridgehead atoms. The maximum Gasteiger partial charge on any atom is 0.162 e. The van der Waals surface area contributed by atoms with Gasteiger partial charge in [-0.1, -0.05) is 64.1 Å². The van der Waals surface area contributed by atoms with Crippen molar-refractivity contribution in [2.24, 2.45) is 5.41 Å². The molecule has 4 heteroatoms. The van der Waals surface area contributed by atoms with Crippen LogP contribution in [0.3, 0.4) is 0 Å². The lowest BCUT2D eigenvalue weighted by Gasteiger charge is -2.29. The smallest absolute Gasteiger partial charge is 0.162 e. The van der Waals surface area contributed by atoms with Crippen molar-refractivity contribution in [3.63, 3.8) is 0 Å². The highest BCUT2D eigenvalue weighted by atomic mass is 79.9. The number of benzene rings is 1. The second-order valence-corrected chi connectivity index (χ2v) is 6.76. The molecule has 0 aliphatic rings. The van der Waals surface area contributed by atoms with Crippen LogP contribution in [-0.4, -0.2) is 55.4 Å². The maximum absolute atomic E-state index is 12.5. The molecule has 1 aromatic carbocycles. The highest BCUT2D eigenvalue weighted by Crippen LogP contribution is 2.19. The Bertz CT molecular complexity index is 496. The van der Waals surface area contributed by atoms with E-state index in [-0.39, 0.29) is 28.2 Å². The number of allylic oxidation sites excluding steroid dienone is 1. The Labute approximate surface area is 158 Å². The summed E-state index contributed by atoms with van der Waals surface area (Å²) < 4.78 is 0. The number of carbonyl (C=O) groups is 1. The molecule has 0 unspecified atom stereocenters. The van der Waals surface area contributed by atoms with Crippen molar-refractivity contribution in [3.05, 3.63) is 42.0 Å². The van der Waals surface area contributed by atoms with Gasteiger partial charge in [-0.3, -0.25) is 4.79 Å². The van der Waals surface area contributed by atoms with E-state index >= 15 is 0 Å². The van der Waals surface area contributed by atoms with E-state index in [1.165, 1.54) is 0 Å². The molecule has 1 aromatic rings. The average molecular weight is 397 g/mol. The summed E-state index contributed by atoms with van der Waals surface area (Å²) in [6.07, 6.45) is 3.62. The van der Waals surface area contributed by atoms with Crippen molar-refractivity contribution in [3.8, 4) is 0 Å². The van der Waals surface area contributed by atoms with Crippen LogP contribution < -0.4 is 0 Å². The summed E-state index contributed by atoms with van der Waals surface area (Å²) >= 11 is 0. The minimum absolute atomic E-state index is 0. The number of rotatable bonds is 10. The van der Waals surface area contributed by atoms with Crippen molar-refractivity contribution in [2.75, 3.05) is 39.8 Å². The maximum atomic E-state index is 12.5. The molecule has 0 aromatic heterocycles. The summed E-state index contributed by atoms with van der Waals surface area (Å²) in [5.74, 6) is 0.177. The normalized spacial score (nSPS) is 12.0. The third-order valence-corrected chi connectivity index (χ3v) is 4.25. The monoisotopic (exact) mass is 396 g/mol. The van der Waals surface area contributed by atoms with Crippen molar-refractivity contribution < 1.29 is 4.79 Å². The number of halogens is 1. The van der Waals surface area contributed by atoms with E-state index in [0.717, 1.165) is 38.3 Å². The Morgan fingerprint density at radius 3 is 2.21 bits per heavy atom. The third kappa shape index (κ3) is 8.22. The van der Waals surface area contributed by atoms with Gasteiger partial charge in [0.15, 0.2) is 5.78 Å². The van der Waals surface area contributed by atoms with Gasteiger partial charge in [0.2, 0.25) is 0 Å². The third-order valence-electron chi connectivity index (χ3n) is 4.25. The molecule has 0 heterocycles. The van der Waals surface area contributed by atoms with E-state index in [4.69, 9.17) is 0 Å². The minimum Gasteiger partial charge on any atom is -0.304 e. The first-order valence-electron chi connectivity index (χ1n) is 8.57. The van der Waals surface area contributed by atoms with E-state index < -0.39 is 0 Å². The van der Waals surface area contributed by atoms with Crippen LogP contribution in [0.1, 0.15) is 33.3 Å². The Balaban J connectivity index is 0.00000529. The van der Waals surface area contributed by atoms with Crippen LogP contribution in [0.2, 0.25) is 0 Å². The topological polar surface area (TPSA) is 23.6 Å². The summed E-state index contributed by atoms with van der Waals surface area (Å²) in [7, 11) is 2.10. The van der Waals surface area contributed by atoms with Gasteiger partial charge >= 0.3 is 0 Å². The molecule has 0 amide bonds. The van der Waals surface area contributed by atoms with Gasteiger partial charge in [0.25, 0.3) is 0 Å². The van der Waals surface area contributed by atoms with Gasteiger partial charge in [0.1, 0.15) is 0 Å². The van der Waals surface area contributed by atoms with Crippen molar-refractivity contribution in [1.82, 2.24) is 9.80 Å². The SMILES string of the molecule is Br.CCN(CC)CCN(C)CC(C)(C)C(=O)C=Cc1ccccc1. The Kier molecular flexibility index (Phi) is 11.1. The fourth-order valence-corrected chi connectivity index (χ4v) is 2.65. The summed E-state index contributed by atoms with van der Waals surface area (Å²) in [6.45, 7) is 13.4. The predicted molar refractivity (Wildman–Crippen MR) is 110 cm³/mol.